The van der Waals surface area contributed by atoms with Crippen LogP contribution < -0.4 is 5.32 Å². The second kappa shape index (κ2) is 8.23. The number of hydrogen-bond acceptors (Lipinski definition) is 2. The average molecular weight is 318 g/mol. The third-order valence-electron chi connectivity index (χ3n) is 3.79. The maximum Gasteiger partial charge on any atom is 0.0807 e. The molecule has 0 fully saturated rings. The summed E-state index contributed by atoms with van der Waals surface area (Å²) in [5, 5.41) is 4.74. The van der Waals surface area contributed by atoms with Gasteiger partial charge in [-0.3, -0.25) is 0 Å². The number of hydrogen-bond donors (Lipinski definition) is 1. The highest BCUT2D eigenvalue weighted by Gasteiger charge is 2.32. The quantitative estimate of drug-likeness (QED) is 0.749. The van der Waals surface area contributed by atoms with Gasteiger partial charge in [-0.15, -0.1) is 0 Å². The zero-order valence-corrected chi connectivity index (χ0v) is 14.3. The summed E-state index contributed by atoms with van der Waals surface area (Å²) in [5.41, 5.74) is 0.987. The Morgan fingerprint density at radius 1 is 1.20 bits per heavy atom. The van der Waals surface area contributed by atoms with E-state index in [1.165, 1.54) is 5.56 Å². The van der Waals surface area contributed by atoms with Gasteiger partial charge in [-0.1, -0.05) is 43.1 Å². The number of halogens is 2. The molecule has 0 aliphatic carbocycles. The fourth-order valence-corrected chi connectivity index (χ4v) is 2.75. The van der Waals surface area contributed by atoms with Crippen molar-refractivity contribution in [2.45, 2.75) is 52.2 Å². The molecule has 1 N–H and O–H groups in total. The van der Waals surface area contributed by atoms with Gasteiger partial charge in [0.2, 0.25) is 0 Å². The first-order valence-electron chi connectivity index (χ1n) is 7.28. The first kappa shape index (κ1) is 17.8. The highest BCUT2D eigenvalue weighted by atomic mass is 35.5. The molecule has 0 saturated heterocycles. The van der Waals surface area contributed by atoms with E-state index < -0.39 is 0 Å². The molecule has 0 aliphatic rings. The van der Waals surface area contributed by atoms with E-state index in [-0.39, 0.29) is 11.6 Å². The molecule has 0 saturated carbocycles. The Morgan fingerprint density at radius 2 is 1.90 bits per heavy atom. The molecule has 0 aromatic heterocycles. The summed E-state index contributed by atoms with van der Waals surface area (Å²) in [6.07, 6.45) is 1.83. The Labute approximate surface area is 132 Å². The minimum Gasteiger partial charge on any atom is -0.374 e. The zero-order valence-electron chi connectivity index (χ0n) is 12.8. The van der Waals surface area contributed by atoms with Crippen molar-refractivity contribution in [3.63, 3.8) is 0 Å². The van der Waals surface area contributed by atoms with Crippen molar-refractivity contribution in [1.29, 1.82) is 0 Å². The van der Waals surface area contributed by atoms with E-state index in [0.29, 0.717) is 16.7 Å². The Morgan fingerprint density at radius 3 is 2.40 bits per heavy atom. The van der Waals surface area contributed by atoms with Gasteiger partial charge in [0.05, 0.1) is 15.6 Å². The number of likely N-dealkylation sites (N-methyl/N-ethyl adjacent to an activating group) is 1. The zero-order chi connectivity index (χ0) is 15.2. The molecular formula is C16H25Cl2NO. The molecule has 20 heavy (non-hydrogen) atoms. The summed E-state index contributed by atoms with van der Waals surface area (Å²) in [6.45, 7) is 10.1. The summed E-state index contributed by atoms with van der Waals surface area (Å²) in [6, 6.07) is 6.07. The highest BCUT2D eigenvalue weighted by molar-refractivity contribution is 6.42. The summed E-state index contributed by atoms with van der Waals surface area (Å²) in [7, 11) is 0. The molecule has 114 valence electrons. The van der Waals surface area contributed by atoms with Crippen molar-refractivity contribution in [3.05, 3.63) is 33.8 Å². The van der Waals surface area contributed by atoms with Crippen LogP contribution in [0.5, 0.6) is 0 Å². The summed E-state index contributed by atoms with van der Waals surface area (Å²) in [5.74, 6) is 0. The van der Waals surface area contributed by atoms with Crippen molar-refractivity contribution in [2.24, 2.45) is 0 Å². The van der Waals surface area contributed by atoms with Crippen molar-refractivity contribution >= 4 is 23.2 Å². The molecule has 0 aliphatic heterocycles. The molecule has 1 aromatic rings. The summed E-state index contributed by atoms with van der Waals surface area (Å²) in [4.78, 5) is 0. The smallest absolute Gasteiger partial charge is 0.0807 e. The van der Waals surface area contributed by atoms with Crippen LogP contribution in [0, 0.1) is 0 Å². The van der Waals surface area contributed by atoms with Crippen molar-refractivity contribution in [3.8, 4) is 0 Å². The second-order valence-electron chi connectivity index (χ2n) is 5.16. The molecule has 1 aromatic carbocycles. The van der Waals surface area contributed by atoms with Crippen molar-refractivity contribution < 1.29 is 4.74 Å². The topological polar surface area (TPSA) is 21.3 Å². The van der Waals surface area contributed by atoms with E-state index in [1.54, 1.807) is 0 Å². The number of rotatable bonds is 8. The van der Waals surface area contributed by atoms with Crippen LogP contribution in [0.25, 0.3) is 0 Å². The van der Waals surface area contributed by atoms with E-state index >= 15 is 0 Å². The van der Waals surface area contributed by atoms with E-state index in [4.69, 9.17) is 27.9 Å². The molecule has 2 atom stereocenters. The summed E-state index contributed by atoms with van der Waals surface area (Å²) < 4.78 is 6.00. The lowest BCUT2D eigenvalue weighted by Crippen LogP contribution is -2.51. The van der Waals surface area contributed by atoms with Crippen LogP contribution in [0.3, 0.4) is 0 Å². The van der Waals surface area contributed by atoms with Gasteiger partial charge in [0.15, 0.2) is 0 Å². The SMILES string of the molecule is CCNC(Cc1ccc(Cl)c(Cl)c1)C(C)(CC)OCC. The van der Waals surface area contributed by atoms with Gasteiger partial charge < -0.3 is 10.1 Å². The van der Waals surface area contributed by atoms with Gasteiger partial charge in [0.25, 0.3) is 0 Å². The lowest BCUT2D eigenvalue weighted by atomic mass is 9.88. The molecule has 1 rings (SSSR count). The predicted octanol–water partition coefficient (Wildman–Crippen LogP) is 4.72. The molecule has 0 heterocycles. The molecule has 0 amide bonds. The largest absolute Gasteiger partial charge is 0.374 e. The molecule has 0 radical (unpaired) electrons. The molecule has 4 heteroatoms. The lowest BCUT2D eigenvalue weighted by Gasteiger charge is -2.37. The van der Waals surface area contributed by atoms with E-state index in [1.807, 2.05) is 25.1 Å². The molecule has 2 unspecified atom stereocenters. The first-order valence-corrected chi connectivity index (χ1v) is 8.03. The Balaban J connectivity index is 2.92. The number of nitrogens with one attached hydrogen (secondary N) is 1. The lowest BCUT2D eigenvalue weighted by molar-refractivity contribution is -0.0546. The van der Waals surface area contributed by atoms with E-state index in [0.717, 1.165) is 19.4 Å². The maximum atomic E-state index is 6.10. The standard InChI is InChI=1S/C16H25Cl2NO/c1-5-16(4,20-7-3)15(19-6-2)11-12-8-9-13(17)14(18)10-12/h8-10,15,19H,5-7,11H2,1-4H3. The van der Waals surface area contributed by atoms with Crippen LogP contribution in [-0.4, -0.2) is 24.8 Å². The number of benzene rings is 1. The molecule has 2 nitrogen and oxygen atoms in total. The van der Waals surface area contributed by atoms with Crippen molar-refractivity contribution in [2.75, 3.05) is 13.2 Å². The fourth-order valence-electron chi connectivity index (χ4n) is 2.43. The van der Waals surface area contributed by atoms with Gasteiger partial charge in [0.1, 0.15) is 0 Å². The van der Waals surface area contributed by atoms with E-state index in [9.17, 15) is 0 Å². The summed E-state index contributed by atoms with van der Waals surface area (Å²) >= 11 is 12.1. The van der Waals surface area contributed by atoms with Gasteiger partial charge in [-0.05, 0) is 50.9 Å². The van der Waals surface area contributed by atoms with E-state index in [2.05, 4.69) is 26.1 Å². The van der Waals surface area contributed by atoms with Crippen LogP contribution in [0.15, 0.2) is 18.2 Å². The van der Waals surface area contributed by atoms with Gasteiger partial charge in [0, 0.05) is 12.6 Å². The monoisotopic (exact) mass is 317 g/mol. The molecular weight excluding hydrogens is 293 g/mol. The van der Waals surface area contributed by atoms with Crippen LogP contribution in [0.2, 0.25) is 10.0 Å². The second-order valence-corrected chi connectivity index (χ2v) is 5.98. The third-order valence-corrected chi connectivity index (χ3v) is 4.53. The first-order chi connectivity index (χ1) is 9.46. The van der Waals surface area contributed by atoms with Crippen molar-refractivity contribution in [1.82, 2.24) is 5.32 Å². The normalized spacial score (nSPS) is 15.9. The predicted molar refractivity (Wildman–Crippen MR) is 88.0 cm³/mol. The van der Waals surface area contributed by atoms with Crippen LogP contribution in [0.4, 0.5) is 0 Å². The fraction of sp³-hybridized carbons (Fsp3) is 0.625. The third kappa shape index (κ3) is 4.63. The molecule has 0 bridgehead atoms. The van der Waals surface area contributed by atoms with Crippen LogP contribution >= 0.6 is 23.2 Å². The maximum absolute atomic E-state index is 6.10. The van der Waals surface area contributed by atoms with Gasteiger partial charge in [-0.2, -0.15) is 0 Å². The molecule has 0 spiro atoms. The average Bonchev–Trinajstić information content (AvgIpc) is 2.42. The Bertz CT molecular complexity index is 425. The van der Waals surface area contributed by atoms with Crippen LogP contribution in [0.1, 0.15) is 39.7 Å². The van der Waals surface area contributed by atoms with Gasteiger partial charge in [-0.25, -0.2) is 0 Å². The highest BCUT2D eigenvalue weighted by Crippen LogP contribution is 2.27. The number of ether oxygens (including phenoxy) is 1. The minimum atomic E-state index is -0.184. The Hall–Kier alpha value is -0.280. The van der Waals surface area contributed by atoms with Gasteiger partial charge >= 0.3 is 0 Å². The minimum absolute atomic E-state index is 0.184. The van der Waals surface area contributed by atoms with Crippen LogP contribution in [-0.2, 0) is 11.2 Å². The Kier molecular flexibility index (Phi) is 7.32.